The molecule has 0 aliphatic carbocycles. The highest BCUT2D eigenvalue weighted by Gasteiger charge is 2.44. The highest BCUT2D eigenvalue weighted by molar-refractivity contribution is 6.43. The van der Waals surface area contributed by atoms with Crippen molar-refractivity contribution >= 4 is 24.2 Å². The number of carbonyl (C=O) groups excluding carboxylic acids is 1. The summed E-state index contributed by atoms with van der Waals surface area (Å²) in [5, 5.41) is 23.0. The van der Waals surface area contributed by atoms with E-state index in [1.54, 1.807) is 6.26 Å². The van der Waals surface area contributed by atoms with Crippen LogP contribution in [0.4, 0.5) is 4.79 Å². The largest absolute Gasteiger partial charge is 0.475 e. The van der Waals surface area contributed by atoms with Gasteiger partial charge in [0.25, 0.3) is 0 Å². The summed E-state index contributed by atoms with van der Waals surface area (Å²) >= 11 is 0. The molecule has 0 saturated carbocycles. The van der Waals surface area contributed by atoms with Crippen LogP contribution in [0.25, 0.3) is 11.0 Å². The molecule has 32 heavy (non-hydrogen) atoms. The lowest BCUT2D eigenvalue weighted by atomic mass is 9.76. The molecule has 1 fully saturated rings. The van der Waals surface area contributed by atoms with Crippen molar-refractivity contribution in [2.24, 2.45) is 0 Å². The Hall–Kier alpha value is -2.85. The molecule has 1 spiro atoms. The minimum Gasteiger partial charge on any atom is -0.464 e. The zero-order chi connectivity index (χ0) is 22.1. The number of fused-ring (bicyclic) bond motifs is 3. The number of ether oxygens (including phenoxy) is 3. The van der Waals surface area contributed by atoms with Crippen molar-refractivity contribution < 1.29 is 33.5 Å². The number of alkyl carbamates (subject to hydrolysis) is 1. The molecule has 3 aromatic rings. The summed E-state index contributed by atoms with van der Waals surface area (Å²) in [4.78, 5) is 12.4. The number of nitrogens with one attached hydrogen (secondary N) is 1. The van der Waals surface area contributed by atoms with E-state index in [1.807, 2.05) is 42.5 Å². The van der Waals surface area contributed by atoms with Gasteiger partial charge in [0.15, 0.2) is 0 Å². The zero-order valence-corrected chi connectivity index (χ0v) is 17.5. The maximum atomic E-state index is 12.4. The number of para-hydroxylation sites is 1. The molecule has 2 aliphatic heterocycles. The second kappa shape index (κ2) is 8.59. The summed E-state index contributed by atoms with van der Waals surface area (Å²) in [6, 6.07) is 13.3. The number of benzene rings is 2. The Morgan fingerprint density at radius 2 is 2.06 bits per heavy atom. The fraction of sp³-hybridized carbons (Fsp3) is 0.348. The molecule has 8 nitrogen and oxygen atoms in total. The van der Waals surface area contributed by atoms with Gasteiger partial charge in [-0.05, 0) is 34.7 Å². The minimum atomic E-state index is -1.76. The monoisotopic (exact) mass is 437 g/mol. The third kappa shape index (κ3) is 3.88. The molecule has 2 atom stereocenters. The standard InChI is InChI=1S/C23H24BNO7/c26-22(25-21(24(27)28)10-16-12-30-20-7-2-1-5-17(16)20)31-11-15-4-3-6-19-18(15)13-32-23(19)8-9-29-14-23/h1-7,12,21,27-28H,8-11,13-14H2,(H,25,26)/t21-,23?/m0/s1. The Morgan fingerprint density at radius 1 is 1.19 bits per heavy atom. The average molecular weight is 437 g/mol. The van der Waals surface area contributed by atoms with Gasteiger partial charge in [-0.25, -0.2) is 4.79 Å². The van der Waals surface area contributed by atoms with Crippen LogP contribution >= 0.6 is 0 Å². The molecule has 1 unspecified atom stereocenters. The molecule has 1 saturated heterocycles. The summed E-state index contributed by atoms with van der Waals surface area (Å²) in [5.74, 6) is -0.952. The van der Waals surface area contributed by atoms with E-state index in [2.05, 4.69) is 5.32 Å². The first-order valence-corrected chi connectivity index (χ1v) is 10.6. The zero-order valence-electron chi connectivity index (χ0n) is 17.5. The van der Waals surface area contributed by atoms with E-state index in [4.69, 9.17) is 18.6 Å². The maximum absolute atomic E-state index is 12.4. The fourth-order valence-corrected chi connectivity index (χ4v) is 4.52. The lowest BCUT2D eigenvalue weighted by molar-refractivity contribution is -0.0422. The van der Waals surface area contributed by atoms with Gasteiger partial charge in [-0.15, -0.1) is 0 Å². The molecule has 3 heterocycles. The van der Waals surface area contributed by atoms with Crippen molar-refractivity contribution in [2.75, 3.05) is 13.2 Å². The quantitative estimate of drug-likeness (QED) is 0.508. The number of amides is 1. The van der Waals surface area contributed by atoms with Crippen LogP contribution in [-0.4, -0.2) is 42.4 Å². The van der Waals surface area contributed by atoms with E-state index in [0.717, 1.165) is 34.1 Å². The van der Waals surface area contributed by atoms with Crippen molar-refractivity contribution in [1.29, 1.82) is 0 Å². The minimum absolute atomic E-state index is 0.0538. The van der Waals surface area contributed by atoms with Crippen LogP contribution in [0.3, 0.4) is 0 Å². The highest BCUT2D eigenvalue weighted by atomic mass is 16.6. The molecule has 1 amide bonds. The van der Waals surface area contributed by atoms with E-state index in [0.29, 0.717) is 25.4 Å². The van der Waals surface area contributed by atoms with Gasteiger partial charge in [0.05, 0.1) is 25.4 Å². The van der Waals surface area contributed by atoms with E-state index in [9.17, 15) is 14.8 Å². The fourth-order valence-electron chi connectivity index (χ4n) is 4.52. The average Bonchev–Trinajstić information content (AvgIpc) is 3.53. The molecule has 0 radical (unpaired) electrons. The third-order valence-electron chi connectivity index (χ3n) is 6.27. The van der Waals surface area contributed by atoms with Gasteiger partial charge in [-0.1, -0.05) is 36.4 Å². The SMILES string of the molecule is O=C(N[C@@H](Cc1coc2ccccc12)B(O)O)OCc1cccc2c1COC21CCOC1. The first-order valence-electron chi connectivity index (χ1n) is 10.6. The molecular formula is C23H24BNO7. The van der Waals surface area contributed by atoms with Gasteiger partial charge in [-0.3, -0.25) is 0 Å². The number of hydrogen-bond donors (Lipinski definition) is 3. The molecule has 1 aromatic heterocycles. The second-order valence-electron chi connectivity index (χ2n) is 8.23. The van der Waals surface area contributed by atoms with Crippen LogP contribution in [-0.2, 0) is 39.4 Å². The van der Waals surface area contributed by atoms with Crippen LogP contribution in [0.15, 0.2) is 53.1 Å². The van der Waals surface area contributed by atoms with E-state index in [-0.39, 0.29) is 13.0 Å². The smallest absolute Gasteiger partial charge is 0.464 e. The van der Waals surface area contributed by atoms with Crippen LogP contribution in [0.1, 0.15) is 28.7 Å². The predicted octanol–water partition coefficient (Wildman–Crippen LogP) is 2.43. The molecule has 3 N–H and O–H groups in total. The molecule has 2 aromatic carbocycles. The number of hydrogen-bond acceptors (Lipinski definition) is 7. The van der Waals surface area contributed by atoms with Crippen molar-refractivity contribution in [1.82, 2.24) is 5.32 Å². The molecule has 9 heteroatoms. The van der Waals surface area contributed by atoms with Gasteiger partial charge < -0.3 is 34.0 Å². The summed E-state index contributed by atoms with van der Waals surface area (Å²) < 4.78 is 22.5. The topological polar surface area (TPSA) is 110 Å². The van der Waals surface area contributed by atoms with Crippen LogP contribution in [0, 0.1) is 0 Å². The Bertz CT molecular complexity index is 1120. The van der Waals surface area contributed by atoms with Gasteiger partial charge in [0.2, 0.25) is 0 Å². The van der Waals surface area contributed by atoms with Gasteiger partial charge in [0, 0.05) is 18.4 Å². The molecular weight excluding hydrogens is 413 g/mol. The third-order valence-corrected chi connectivity index (χ3v) is 6.27. The van der Waals surface area contributed by atoms with Crippen molar-refractivity contribution in [3.63, 3.8) is 0 Å². The summed E-state index contributed by atoms with van der Waals surface area (Å²) in [7, 11) is -1.76. The summed E-state index contributed by atoms with van der Waals surface area (Å²) in [6.45, 7) is 1.70. The predicted molar refractivity (Wildman–Crippen MR) is 116 cm³/mol. The van der Waals surface area contributed by atoms with Gasteiger partial charge in [0.1, 0.15) is 17.8 Å². The first kappa shape index (κ1) is 21.0. The lowest BCUT2D eigenvalue weighted by Gasteiger charge is -2.21. The first-order chi connectivity index (χ1) is 15.6. The van der Waals surface area contributed by atoms with Crippen molar-refractivity contribution in [3.05, 3.63) is 71.0 Å². The molecule has 5 rings (SSSR count). The molecule has 166 valence electrons. The second-order valence-corrected chi connectivity index (χ2v) is 8.23. The van der Waals surface area contributed by atoms with Gasteiger partial charge in [-0.2, -0.15) is 0 Å². The number of furan rings is 1. The summed E-state index contributed by atoms with van der Waals surface area (Å²) in [5.41, 5.74) is 4.04. The van der Waals surface area contributed by atoms with Crippen molar-refractivity contribution in [3.8, 4) is 0 Å². The Labute approximate surface area is 185 Å². The van der Waals surface area contributed by atoms with E-state index >= 15 is 0 Å². The lowest BCUT2D eigenvalue weighted by Crippen LogP contribution is -2.48. The maximum Gasteiger partial charge on any atom is 0.475 e. The summed E-state index contributed by atoms with van der Waals surface area (Å²) in [6.07, 6.45) is 1.82. The van der Waals surface area contributed by atoms with E-state index in [1.165, 1.54) is 0 Å². The van der Waals surface area contributed by atoms with E-state index < -0.39 is 24.8 Å². The van der Waals surface area contributed by atoms with Crippen molar-refractivity contribution in [2.45, 2.75) is 37.6 Å². The Kier molecular flexibility index (Phi) is 5.65. The van der Waals surface area contributed by atoms with Crippen LogP contribution in [0.5, 0.6) is 0 Å². The number of rotatable bonds is 6. The Balaban J connectivity index is 1.24. The normalized spacial score (nSPS) is 20.4. The van der Waals surface area contributed by atoms with Crippen LogP contribution < -0.4 is 5.32 Å². The van der Waals surface area contributed by atoms with Crippen LogP contribution in [0.2, 0.25) is 0 Å². The number of carbonyl (C=O) groups is 1. The molecule has 0 bridgehead atoms. The molecule has 2 aliphatic rings. The Morgan fingerprint density at radius 3 is 2.88 bits per heavy atom. The highest BCUT2D eigenvalue weighted by Crippen LogP contribution is 2.43. The van der Waals surface area contributed by atoms with Gasteiger partial charge >= 0.3 is 13.2 Å².